The normalized spacial score (nSPS) is 15.1. The molecule has 0 saturated heterocycles. The van der Waals surface area contributed by atoms with E-state index in [0.29, 0.717) is 12.8 Å². The fourth-order valence-electron chi connectivity index (χ4n) is 1.20. The molecular weight excluding hydrogens is 272 g/mol. The summed E-state index contributed by atoms with van der Waals surface area (Å²) in [6, 6.07) is 0. The van der Waals surface area contributed by atoms with Crippen molar-refractivity contribution in [2.24, 2.45) is 0 Å². The van der Waals surface area contributed by atoms with E-state index in [-0.39, 0.29) is 18.9 Å². The van der Waals surface area contributed by atoms with Crippen molar-refractivity contribution in [3.05, 3.63) is 11.9 Å². The van der Waals surface area contributed by atoms with Gasteiger partial charge in [-0.25, -0.2) is 8.78 Å². The summed E-state index contributed by atoms with van der Waals surface area (Å²) in [6.07, 6.45) is -11.8. The van der Waals surface area contributed by atoms with E-state index in [2.05, 4.69) is 0 Å². The SMILES string of the molecule is CCCCCC=C(F)C(F)(C(F)(F)F)C(F)(F)F. The Bertz CT molecular complexity index is 271. The molecule has 108 valence electrons. The molecule has 0 spiro atoms. The zero-order valence-electron chi connectivity index (χ0n) is 9.43. The van der Waals surface area contributed by atoms with E-state index in [1.165, 1.54) is 0 Å². The van der Waals surface area contributed by atoms with Gasteiger partial charge in [0.2, 0.25) is 0 Å². The molecule has 0 saturated carbocycles. The fraction of sp³-hybridized carbons (Fsp3) is 0.800. The van der Waals surface area contributed by atoms with Gasteiger partial charge in [0.05, 0.1) is 0 Å². The molecule has 0 aromatic heterocycles. The van der Waals surface area contributed by atoms with E-state index in [0.717, 1.165) is 0 Å². The van der Waals surface area contributed by atoms with Crippen molar-refractivity contribution >= 4 is 0 Å². The quantitative estimate of drug-likeness (QED) is 0.477. The van der Waals surface area contributed by atoms with Crippen LogP contribution in [0.3, 0.4) is 0 Å². The van der Waals surface area contributed by atoms with Crippen LogP contribution in [0.15, 0.2) is 11.9 Å². The van der Waals surface area contributed by atoms with E-state index < -0.39 is 23.8 Å². The van der Waals surface area contributed by atoms with Crippen LogP contribution in [0.5, 0.6) is 0 Å². The predicted octanol–water partition coefficient (Wildman–Crippen LogP) is 5.25. The van der Waals surface area contributed by atoms with E-state index in [1.807, 2.05) is 0 Å². The molecule has 0 heterocycles. The van der Waals surface area contributed by atoms with Crippen molar-refractivity contribution in [1.82, 2.24) is 0 Å². The molecule has 0 amide bonds. The summed E-state index contributed by atoms with van der Waals surface area (Å²) in [5.41, 5.74) is -5.92. The maximum atomic E-state index is 13.0. The molecular formula is C10H12F8. The van der Waals surface area contributed by atoms with Crippen molar-refractivity contribution in [2.75, 3.05) is 0 Å². The van der Waals surface area contributed by atoms with Crippen LogP contribution in [0.1, 0.15) is 32.6 Å². The van der Waals surface area contributed by atoms with Gasteiger partial charge in [-0.2, -0.15) is 26.3 Å². The summed E-state index contributed by atoms with van der Waals surface area (Å²) >= 11 is 0. The number of allylic oxidation sites excluding steroid dienone is 2. The van der Waals surface area contributed by atoms with Crippen LogP contribution < -0.4 is 0 Å². The molecule has 0 aliphatic rings. The molecule has 0 unspecified atom stereocenters. The van der Waals surface area contributed by atoms with Crippen LogP contribution in [0.25, 0.3) is 0 Å². The first-order valence-electron chi connectivity index (χ1n) is 5.17. The average molecular weight is 284 g/mol. The topological polar surface area (TPSA) is 0 Å². The van der Waals surface area contributed by atoms with Gasteiger partial charge in [-0.05, 0) is 18.9 Å². The fourth-order valence-corrected chi connectivity index (χ4v) is 1.20. The highest BCUT2D eigenvalue weighted by atomic mass is 19.4. The zero-order valence-corrected chi connectivity index (χ0v) is 9.43. The Labute approximate surface area is 98.7 Å². The van der Waals surface area contributed by atoms with E-state index in [9.17, 15) is 35.1 Å². The summed E-state index contributed by atoms with van der Waals surface area (Å²) in [5, 5.41) is 0. The maximum absolute atomic E-state index is 13.0. The van der Waals surface area contributed by atoms with Crippen molar-refractivity contribution in [3.8, 4) is 0 Å². The second kappa shape index (κ2) is 5.88. The molecule has 18 heavy (non-hydrogen) atoms. The summed E-state index contributed by atoms with van der Waals surface area (Å²) in [5.74, 6) is -2.85. The average Bonchev–Trinajstić information content (AvgIpc) is 2.19. The van der Waals surface area contributed by atoms with Gasteiger partial charge in [0, 0.05) is 0 Å². The summed E-state index contributed by atoms with van der Waals surface area (Å²) < 4.78 is 98.2. The molecule has 0 rings (SSSR count). The summed E-state index contributed by atoms with van der Waals surface area (Å²) in [4.78, 5) is 0. The van der Waals surface area contributed by atoms with Gasteiger partial charge in [0.1, 0.15) is 0 Å². The highest BCUT2D eigenvalue weighted by molar-refractivity contribution is 5.17. The van der Waals surface area contributed by atoms with Crippen LogP contribution in [-0.2, 0) is 0 Å². The molecule has 0 radical (unpaired) electrons. The van der Waals surface area contributed by atoms with E-state index >= 15 is 0 Å². The molecule has 0 aliphatic heterocycles. The van der Waals surface area contributed by atoms with Crippen molar-refractivity contribution < 1.29 is 35.1 Å². The molecule has 0 N–H and O–H groups in total. The summed E-state index contributed by atoms with van der Waals surface area (Å²) in [6.45, 7) is 1.74. The van der Waals surface area contributed by atoms with Gasteiger partial charge in [-0.3, -0.25) is 0 Å². The minimum Gasteiger partial charge on any atom is -0.215 e. The highest BCUT2D eigenvalue weighted by Crippen LogP contribution is 2.51. The third-order valence-corrected chi connectivity index (χ3v) is 2.24. The summed E-state index contributed by atoms with van der Waals surface area (Å²) in [7, 11) is 0. The second-order valence-corrected chi connectivity index (χ2v) is 3.70. The van der Waals surface area contributed by atoms with Gasteiger partial charge in [-0.15, -0.1) is 0 Å². The molecule has 8 heteroatoms. The van der Waals surface area contributed by atoms with Gasteiger partial charge < -0.3 is 0 Å². The monoisotopic (exact) mass is 284 g/mol. The van der Waals surface area contributed by atoms with Crippen LogP contribution >= 0.6 is 0 Å². The molecule has 0 aromatic carbocycles. The number of rotatable bonds is 5. The smallest absolute Gasteiger partial charge is 0.215 e. The van der Waals surface area contributed by atoms with Crippen LogP contribution in [0, 0.1) is 0 Å². The van der Waals surface area contributed by atoms with Crippen molar-refractivity contribution in [2.45, 2.75) is 50.6 Å². The molecule has 0 bridgehead atoms. The Morgan fingerprint density at radius 1 is 0.889 bits per heavy atom. The minimum absolute atomic E-state index is 0.0106. The third-order valence-electron chi connectivity index (χ3n) is 2.24. The third kappa shape index (κ3) is 3.58. The highest BCUT2D eigenvalue weighted by Gasteiger charge is 2.75. The Morgan fingerprint density at radius 3 is 1.67 bits per heavy atom. The lowest BCUT2D eigenvalue weighted by atomic mass is 10.0. The second-order valence-electron chi connectivity index (χ2n) is 3.70. The van der Waals surface area contributed by atoms with Gasteiger partial charge in [0.15, 0.2) is 5.83 Å². The first kappa shape index (κ1) is 17.2. The Morgan fingerprint density at radius 2 is 1.33 bits per heavy atom. The van der Waals surface area contributed by atoms with Crippen LogP contribution in [0.4, 0.5) is 35.1 Å². The lowest BCUT2D eigenvalue weighted by molar-refractivity contribution is -0.331. The lowest BCUT2D eigenvalue weighted by Gasteiger charge is -2.28. The number of hydrogen-bond acceptors (Lipinski definition) is 0. The maximum Gasteiger partial charge on any atom is 0.438 e. The van der Waals surface area contributed by atoms with Gasteiger partial charge in [-0.1, -0.05) is 19.8 Å². The number of halogens is 8. The Balaban J connectivity index is 5.12. The van der Waals surface area contributed by atoms with E-state index in [1.54, 1.807) is 6.92 Å². The molecule has 0 aromatic rings. The predicted molar refractivity (Wildman–Crippen MR) is 49.3 cm³/mol. The van der Waals surface area contributed by atoms with Gasteiger partial charge >= 0.3 is 18.0 Å². The first-order chi connectivity index (χ1) is 7.98. The number of hydrogen-bond donors (Lipinski definition) is 0. The lowest BCUT2D eigenvalue weighted by Crippen LogP contribution is -2.53. The number of unbranched alkanes of at least 4 members (excludes halogenated alkanes) is 3. The zero-order chi connectivity index (χ0) is 14.6. The Hall–Kier alpha value is -0.820. The van der Waals surface area contributed by atoms with Crippen molar-refractivity contribution in [3.63, 3.8) is 0 Å². The van der Waals surface area contributed by atoms with Crippen LogP contribution in [0.2, 0.25) is 0 Å². The Kier molecular flexibility index (Phi) is 5.61. The number of alkyl halides is 7. The van der Waals surface area contributed by atoms with Crippen molar-refractivity contribution in [1.29, 1.82) is 0 Å². The molecule has 0 aliphatic carbocycles. The molecule has 0 fully saturated rings. The molecule has 0 atom stereocenters. The molecule has 0 nitrogen and oxygen atoms in total. The van der Waals surface area contributed by atoms with Gasteiger partial charge in [0.25, 0.3) is 0 Å². The largest absolute Gasteiger partial charge is 0.438 e. The van der Waals surface area contributed by atoms with E-state index in [4.69, 9.17) is 0 Å². The first-order valence-corrected chi connectivity index (χ1v) is 5.17. The van der Waals surface area contributed by atoms with Crippen LogP contribution in [-0.4, -0.2) is 18.0 Å². The standard InChI is InChI=1S/C10H12F8/c1-2-3-4-5-6-7(11)8(12,9(13,14)15)10(16,17)18/h6H,2-5H2,1H3. The minimum atomic E-state index is -6.38.